The lowest BCUT2D eigenvalue weighted by molar-refractivity contribution is -0.385. The second-order valence-electron chi connectivity index (χ2n) is 4.16. The lowest BCUT2D eigenvalue weighted by Gasteiger charge is -2.07. The number of non-ortho nitro benzene ring substituents is 1. The predicted octanol–water partition coefficient (Wildman–Crippen LogP) is 2.68. The number of pyridine rings is 1. The number of urea groups is 1. The summed E-state index contributed by atoms with van der Waals surface area (Å²) in [7, 11) is 0. The van der Waals surface area contributed by atoms with Crippen LogP contribution in [0.5, 0.6) is 0 Å². The highest BCUT2D eigenvalue weighted by molar-refractivity contribution is 5.99. The van der Waals surface area contributed by atoms with Gasteiger partial charge in [0.05, 0.1) is 15.5 Å². The Hall–Kier alpha value is -3.63. The fourth-order valence-corrected chi connectivity index (χ4v) is 1.56. The number of halogens is 1. The molecule has 0 aliphatic carbocycles. The largest absolute Gasteiger partial charge is 0.324 e. The quantitative estimate of drug-likeness (QED) is 0.655. The van der Waals surface area contributed by atoms with Crippen molar-refractivity contribution in [2.75, 3.05) is 10.6 Å². The zero-order chi connectivity index (χ0) is 17.0. The summed E-state index contributed by atoms with van der Waals surface area (Å²) in [6.45, 7) is 0. The summed E-state index contributed by atoms with van der Waals surface area (Å²) in [5.74, 6) is -0.874. The van der Waals surface area contributed by atoms with E-state index in [1.807, 2.05) is 0 Å². The lowest BCUT2D eigenvalue weighted by Crippen LogP contribution is -2.20. The average molecular weight is 321 g/mol. The molecule has 0 atom stereocenters. The van der Waals surface area contributed by atoms with E-state index in [9.17, 15) is 29.4 Å². The van der Waals surface area contributed by atoms with E-state index in [0.717, 1.165) is 30.5 Å². The number of hydrogen-bond donors (Lipinski definition) is 2. The van der Waals surface area contributed by atoms with Crippen LogP contribution in [0.2, 0.25) is 0 Å². The van der Waals surface area contributed by atoms with E-state index < -0.39 is 33.1 Å². The molecule has 0 unspecified atom stereocenters. The highest BCUT2D eigenvalue weighted by Gasteiger charge is 2.14. The van der Waals surface area contributed by atoms with Crippen LogP contribution in [0.4, 0.5) is 32.1 Å². The molecule has 0 saturated carbocycles. The number of nitro groups is 2. The number of rotatable bonds is 4. The molecule has 23 heavy (non-hydrogen) atoms. The Labute approximate surface area is 127 Å². The molecule has 10 nitrogen and oxygen atoms in total. The number of benzene rings is 1. The van der Waals surface area contributed by atoms with Gasteiger partial charge in [0.2, 0.25) is 0 Å². The van der Waals surface area contributed by atoms with Gasteiger partial charge in [-0.05, 0) is 12.1 Å². The van der Waals surface area contributed by atoms with Crippen molar-refractivity contribution in [2.45, 2.75) is 0 Å². The van der Waals surface area contributed by atoms with E-state index in [1.165, 1.54) is 6.07 Å². The Morgan fingerprint density at radius 1 is 1.04 bits per heavy atom. The molecule has 0 aliphatic rings. The summed E-state index contributed by atoms with van der Waals surface area (Å²) in [6, 6.07) is 4.05. The Bertz CT molecular complexity index is 780. The number of carbonyl (C=O) groups is 1. The molecule has 0 fully saturated rings. The maximum Gasteiger partial charge on any atom is 0.324 e. The average Bonchev–Trinajstić information content (AvgIpc) is 2.49. The molecule has 1 aromatic heterocycles. The minimum atomic E-state index is -0.911. The molecule has 11 heteroatoms. The maximum atomic E-state index is 13.5. The lowest BCUT2D eigenvalue weighted by atomic mass is 10.2. The fraction of sp³-hybridized carbons (Fsp3) is 0. The Balaban J connectivity index is 2.09. The van der Waals surface area contributed by atoms with Crippen LogP contribution in [0.25, 0.3) is 0 Å². The van der Waals surface area contributed by atoms with Crippen molar-refractivity contribution in [3.63, 3.8) is 0 Å². The number of amides is 2. The molecule has 2 N–H and O–H groups in total. The minimum Gasteiger partial charge on any atom is -0.305 e. The van der Waals surface area contributed by atoms with Gasteiger partial charge < -0.3 is 5.32 Å². The third-order valence-electron chi connectivity index (χ3n) is 2.61. The Morgan fingerprint density at radius 2 is 1.70 bits per heavy atom. The van der Waals surface area contributed by atoms with Crippen molar-refractivity contribution in [1.82, 2.24) is 4.98 Å². The smallest absolute Gasteiger partial charge is 0.305 e. The first-order chi connectivity index (χ1) is 10.9. The van der Waals surface area contributed by atoms with Crippen molar-refractivity contribution < 1.29 is 19.0 Å². The third-order valence-corrected chi connectivity index (χ3v) is 2.61. The second-order valence-corrected chi connectivity index (χ2v) is 4.16. The van der Waals surface area contributed by atoms with Crippen molar-refractivity contribution in [3.8, 4) is 0 Å². The van der Waals surface area contributed by atoms with Crippen LogP contribution in [0, 0.1) is 26.0 Å². The van der Waals surface area contributed by atoms with Crippen LogP contribution in [-0.2, 0) is 0 Å². The molecular formula is C12H8FN5O5. The van der Waals surface area contributed by atoms with Crippen LogP contribution < -0.4 is 10.6 Å². The SMILES string of the molecule is O=C(Nc1ccc([N+](=O)[O-])cn1)Nc1cc([N+](=O)[O-])ccc1F. The molecule has 0 aliphatic heterocycles. The van der Waals surface area contributed by atoms with Crippen molar-refractivity contribution in [3.05, 3.63) is 62.6 Å². The van der Waals surface area contributed by atoms with E-state index in [2.05, 4.69) is 15.6 Å². The normalized spacial score (nSPS) is 9.96. The zero-order valence-corrected chi connectivity index (χ0v) is 11.2. The Kier molecular flexibility index (Phi) is 4.40. The zero-order valence-electron chi connectivity index (χ0n) is 11.2. The van der Waals surface area contributed by atoms with Gasteiger partial charge in [-0.2, -0.15) is 0 Å². The van der Waals surface area contributed by atoms with Crippen LogP contribution in [0.15, 0.2) is 36.5 Å². The molecule has 0 bridgehead atoms. The summed E-state index contributed by atoms with van der Waals surface area (Å²) in [5, 5.41) is 25.4. The first-order valence-corrected chi connectivity index (χ1v) is 5.99. The molecular weight excluding hydrogens is 313 g/mol. The summed E-state index contributed by atoms with van der Waals surface area (Å²) in [6.07, 6.45) is 0.934. The molecule has 1 aromatic carbocycles. The van der Waals surface area contributed by atoms with Gasteiger partial charge in [0.15, 0.2) is 0 Å². The number of hydrogen-bond acceptors (Lipinski definition) is 6. The number of carbonyl (C=O) groups excluding carboxylic acids is 1. The Morgan fingerprint density at radius 3 is 2.26 bits per heavy atom. The highest BCUT2D eigenvalue weighted by atomic mass is 19.1. The molecule has 2 amide bonds. The number of nitro benzene ring substituents is 1. The van der Waals surface area contributed by atoms with Crippen molar-refractivity contribution in [1.29, 1.82) is 0 Å². The van der Waals surface area contributed by atoms with Crippen LogP contribution in [0.3, 0.4) is 0 Å². The van der Waals surface area contributed by atoms with E-state index in [4.69, 9.17) is 0 Å². The number of anilines is 2. The number of aromatic nitrogens is 1. The molecule has 0 saturated heterocycles. The molecule has 2 rings (SSSR count). The van der Waals surface area contributed by atoms with Crippen LogP contribution >= 0.6 is 0 Å². The second kappa shape index (κ2) is 6.43. The fourth-order valence-electron chi connectivity index (χ4n) is 1.56. The van der Waals surface area contributed by atoms with E-state index >= 15 is 0 Å². The maximum absolute atomic E-state index is 13.5. The number of nitrogens with one attached hydrogen (secondary N) is 2. The van der Waals surface area contributed by atoms with Crippen molar-refractivity contribution in [2.24, 2.45) is 0 Å². The van der Waals surface area contributed by atoms with Gasteiger partial charge in [-0.1, -0.05) is 0 Å². The van der Waals surface area contributed by atoms with Crippen molar-refractivity contribution >= 4 is 28.9 Å². The molecule has 118 valence electrons. The van der Waals surface area contributed by atoms with Gasteiger partial charge in [-0.25, -0.2) is 14.2 Å². The first-order valence-electron chi connectivity index (χ1n) is 5.99. The van der Waals surface area contributed by atoms with E-state index in [1.54, 1.807) is 0 Å². The van der Waals surface area contributed by atoms with Gasteiger partial charge in [-0.3, -0.25) is 25.5 Å². The summed E-state index contributed by atoms with van der Waals surface area (Å²) in [4.78, 5) is 35.0. The third kappa shape index (κ3) is 3.93. The summed E-state index contributed by atoms with van der Waals surface area (Å²) >= 11 is 0. The van der Waals surface area contributed by atoms with Crippen LogP contribution in [-0.4, -0.2) is 20.9 Å². The first kappa shape index (κ1) is 15.8. The van der Waals surface area contributed by atoms with Gasteiger partial charge in [0.1, 0.15) is 17.8 Å². The predicted molar refractivity (Wildman–Crippen MR) is 76.6 cm³/mol. The molecule has 0 radical (unpaired) electrons. The minimum absolute atomic E-state index is 0.0149. The molecule has 1 heterocycles. The molecule has 0 spiro atoms. The molecule has 2 aromatic rings. The topological polar surface area (TPSA) is 140 Å². The van der Waals surface area contributed by atoms with E-state index in [-0.39, 0.29) is 11.5 Å². The summed E-state index contributed by atoms with van der Waals surface area (Å²) < 4.78 is 13.5. The van der Waals surface area contributed by atoms with Gasteiger partial charge in [-0.15, -0.1) is 0 Å². The van der Waals surface area contributed by atoms with E-state index in [0.29, 0.717) is 0 Å². The monoisotopic (exact) mass is 321 g/mol. The van der Waals surface area contributed by atoms with Gasteiger partial charge >= 0.3 is 6.03 Å². The highest BCUT2D eigenvalue weighted by Crippen LogP contribution is 2.21. The van der Waals surface area contributed by atoms with Crippen LogP contribution in [0.1, 0.15) is 0 Å². The van der Waals surface area contributed by atoms with Gasteiger partial charge in [0.25, 0.3) is 11.4 Å². The standard InChI is InChI=1S/C12H8FN5O5/c13-9-3-1-7(17(20)21)5-10(9)15-12(19)16-11-4-2-8(6-14-11)18(22)23/h1-6H,(H2,14,15,16,19). The summed E-state index contributed by atoms with van der Waals surface area (Å²) in [5.41, 5.74) is -1.05. The number of nitrogens with zero attached hydrogens (tertiary/aromatic N) is 3. The van der Waals surface area contributed by atoms with Gasteiger partial charge in [0, 0.05) is 18.2 Å².